The van der Waals surface area contributed by atoms with E-state index >= 15 is 0 Å². The molecule has 6 heavy (non-hydrogen) atoms. The lowest BCUT2D eigenvalue weighted by Gasteiger charge is -1.86. The van der Waals surface area contributed by atoms with E-state index in [2.05, 4.69) is 10.4 Å². The quantitative estimate of drug-likeness (QED) is 0.328. The van der Waals surface area contributed by atoms with Crippen molar-refractivity contribution in [3.63, 3.8) is 0 Å². The Balaban J connectivity index is 3.81. The number of rotatable bonds is 1. The van der Waals surface area contributed by atoms with E-state index in [0.29, 0.717) is 0 Å². The minimum absolute atomic E-state index is 2.16. The lowest BCUT2D eigenvalue weighted by Crippen LogP contribution is -1.84. The molecular weight excluding hydrogens is 105 g/mol. The molecule has 0 radical (unpaired) electrons. The van der Waals surface area contributed by atoms with E-state index in [0.717, 1.165) is 0 Å². The van der Waals surface area contributed by atoms with Crippen LogP contribution in [0, 0.1) is 5.53 Å². The van der Waals surface area contributed by atoms with Gasteiger partial charge in [0.15, 0.2) is 0 Å². The van der Waals surface area contributed by atoms with Crippen molar-refractivity contribution < 1.29 is 9.46 Å². The van der Waals surface area contributed by atoms with Gasteiger partial charge >= 0.3 is 7.67 Å². The first-order valence-electron chi connectivity index (χ1n) is 1.06. The summed E-state index contributed by atoms with van der Waals surface area (Å²) in [5.74, 6) is 0. The zero-order valence-corrected chi connectivity index (χ0v) is 3.72. The van der Waals surface area contributed by atoms with Gasteiger partial charge in [0.2, 0.25) is 0 Å². The predicted molar refractivity (Wildman–Crippen MR) is 19.2 cm³/mol. The minimum Gasteiger partial charge on any atom is -0.316 e. The molecule has 36 valence electrons. The van der Waals surface area contributed by atoms with Crippen molar-refractivity contribution >= 4 is 7.67 Å². The molecule has 0 heterocycles. The number of nitrogens with two attached hydrogens (primary N) is 1. The Morgan fingerprint density at radius 2 is 2.17 bits per heavy atom. The van der Waals surface area contributed by atoms with Crippen LogP contribution in [0.3, 0.4) is 0 Å². The SMILES string of the molecule is N=NP(N)(=O)O. The summed E-state index contributed by atoms with van der Waals surface area (Å²) in [5.41, 5.74) is 10.1. The Morgan fingerprint density at radius 1 is 2.00 bits per heavy atom. The first-order valence-corrected chi connectivity index (χ1v) is 2.75. The number of hydrogen-bond donors (Lipinski definition) is 3. The Kier molecular flexibility index (Phi) is 1.40. The van der Waals surface area contributed by atoms with Gasteiger partial charge in [-0.05, 0) is 0 Å². The Morgan fingerprint density at radius 3 is 2.17 bits per heavy atom. The van der Waals surface area contributed by atoms with Crippen molar-refractivity contribution in [1.82, 2.24) is 0 Å². The monoisotopic (exact) mass is 109 g/mol. The molecule has 5 nitrogen and oxygen atoms in total. The molecule has 4 N–H and O–H groups in total. The molecule has 0 aliphatic heterocycles. The third kappa shape index (κ3) is 3.75. The smallest absolute Gasteiger partial charge is 0.316 e. The standard InChI is InChI=1S/H4N3O2P/c1-3-6(2,4)5/h1H,(H3,2,4,5). The van der Waals surface area contributed by atoms with Gasteiger partial charge < -0.3 is 4.89 Å². The van der Waals surface area contributed by atoms with Crippen molar-refractivity contribution in [2.45, 2.75) is 0 Å². The van der Waals surface area contributed by atoms with E-state index in [9.17, 15) is 4.57 Å². The summed E-state index contributed by atoms with van der Waals surface area (Å²) in [6.45, 7) is 0. The van der Waals surface area contributed by atoms with Crippen molar-refractivity contribution in [3.05, 3.63) is 0 Å². The second-order valence-corrected chi connectivity index (χ2v) is 2.07. The van der Waals surface area contributed by atoms with E-state index in [4.69, 9.17) is 10.4 Å². The molecule has 0 amide bonds. The Hall–Kier alpha value is -0.250. The molecule has 0 aromatic rings. The summed E-state index contributed by atoms with van der Waals surface area (Å²) in [6.07, 6.45) is 0. The molecular formula is H4N3O2P. The highest BCUT2D eigenvalue weighted by Crippen LogP contribution is 2.29. The van der Waals surface area contributed by atoms with Gasteiger partial charge in [0.25, 0.3) is 0 Å². The van der Waals surface area contributed by atoms with Gasteiger partial charge in [-0.1, -0.05) is 4.88 Å². The van der Waals surface area contributed by atoms with Crippen LogP contribution in [0.2, 0.25) is 0 Å². The molecule has 0 aromatic heterocycles. The lowest BCUT2D eigenvalue weighted by molar-refractivity contribution is 0.477. The molecule has 6 heteroatoms. The molecule has 0 rings (SSSR count). The van der Waals surface area contributed by atoms with E-state index in [1.807, 2.05) is 0 Å². The zero-order valence-electron chi connectivity index (χ0n) is 2.83. The van der Waals surface area contributed by atoms with Crippen LogP contribution in [0.1, 0.15) is 0 Å². The maximum Gasteiger partial charge on any atom is 0.399 e. The summed E-state index contributed by atoms with van der Waals surface area (Å²) in [7, 11) is -3.85. The van der Waals surface area contributed by atoms with Gasteiger partial charge in [-0.15, -0.1) is 0 Å². The predicted octanol–water partition coefficient (Wildman–Crippen LogP) is 0.0765. The second kappa shape index (κ2) is 1.47. The van der Waals surface area contributed by atoms with Crippen LogP contribution < -0.4 is 5.50 Å². The zero-order chi connectivity index (χ0) is 5.21. The molecule has 1 unspecified atom stereocenters. The van der Waals surface area contributed by atoms with Crippen LogP contribution in [0.4, 0.5) is 0 Å². The number of nitrogens with one attached hydrogen (secondary N) is 1. The number of nitrogens with zero attached hydrogens (tertiary/aromatic N) is 1. The summed E-state index contributed by atoms with van der Waals surface area (Å²) in [6, 6.07) is 0. The molecule has 0 aromatic carbocycles. The summed E-state index contributed by atoms with van der Waals surface area (Å²) >= 11 is 0. The first-order chi connectivity index (χ1) is 2.56. The summed E-state index contributed by atoms with van der Waals surface area (Å²) in [5, 5.41) is 0. The minimum atomic E-state index is -3.85. The Labute approximate surface area is 34.2 Å². The van der Waals surface area contributed by atoms with Crippen molar-refractivity contribution in [3.8, 4) is 0 Å². The van der Waals surface area contributed by atoms with E-state index < -0.39 is 7.67 Å². The van der Waals surface area contributed by atoms with Gasteiger partial charge in [0.1, 0.15) is 0 Å². The van der Waals surface area contributed by atoms with Crippen molar-refractivity contribution in [2.75, 3.05) is 0 Å². The van der Waals surface area contributed by atoms with E-state index in [-0.39, 0.29) is 0 Å². The van der Waals surface area contributed by atoms with Crippen LogP contribution in [0.5, 0.6) is 0 Å². The molecule has 0 saturated carbocycles. The largest absolute Gasteiger partial charge is 0.399 e. The van der Waals surface area contributed by atoms with E-state index in [1.54, 1.807) is 0 Å². The van der Waals surface area contributed by atoms with Crippen LogP contribution in [-0.4, -0.2) is 4.89 Å². The third-order valence-electron chi connectivity index (χ3n) is 0.143. The van der Waals surface area contributed by atoms with Crippen LogP contribution in [0.15, 0.2) is 4.88 Å². The van der Waals surface area contributed by atoms with Gasteiger partial charge in [0, 0.05) is 0 Å². The van der Waals surface area contributed by atoms with Crippen LogP contribution in [0.25, 0.3) is 0 Å². The third-order valence-corrected chi connectivity index (χ3v) is 0.430. The van der Waals surface area contributed by atoms with Gasteiger partial charge in [-0.2, -0.15) is 5.53 Å². The molecule has 0 aliphatic rings. The first kappa shape index (κ1) is 5.75. The van der Waals surface area contributed by atoms with Crippen molar-refractivity contribution in [2.24, 2.45) is 10.4 Å². The molecule has 0 fully saturated rings. The molecule has 1 atom stereocenters. The summed E-state index contributed by atoms with van der Waals surface area (Å²) in [4.78, 5) is 9.97. The maximum atomic E-state index is 9.56. The number of hydrogen-bond acceptors (Lipinski definition) is 2. The topological polar surface area (TPSA) is 99.5 Å². The van der Waals surface area contributed by atoms with Gasteiger partial charge in [0.05, 0.1) is 0 Å². The molecule has 0 bridgehead atoms. The highest BCUT2D eigenvalue weighted by atomic mass is 31.2. The summed E-state index contributed by atoms with van der Waals surface area (Å²) < 4.78 is 9.56. The highest BCUT2D eigenvalue weighted by Gasteiger charge is 2.02. The fourth-order valence-corrected chi connectivity index (χ4v) is 0. The molecule has 0 saturated heterocycles. The molecule has 0 aliphatic carbocycles. The second-order valence-electron chi connectivity index (χ2n) is 0.689. The maximum absolute atomic E-state index is 9.56. The molecule has 0 spiro atoms. The average Bonchev–Trinajstić information content (AvgIpc) is 1.35. The van der Waals surface area contributed by atoms with Gasteiger partial charge in [-0.3, -0.25) is 0 Å². The average molecular weight is 109 g/mol. The van der Waals surface area contributed by atoms with Crippen LogP contribution in [-0.2, 0) is 4.57 Å². The van der Waals surface area contributed by atoms with Gasteiger partial charge in [-0.25, -0.2) is 10.1 Å². The fourth-order valence-electron chi connectivity index (χ4n) is 0. The Bertz CT molecular complexity index is 91.0. The normalized spacial score (nSPS) is 19.0. The van der Waals surface area contributed by atoms with E-state index in [1.165, 1.54) is 0 Å². The lowest BCUT2D eigenvalue weighted by atomic mass is 13.3. The van der Waals surface area contributed by atoms with Crippen LogP contribution >= 0.6 is 7.67 Å². The fraction of sp³-hybridized carbons (Fsp3) is 0. The van der Waals surface area contributed by atoms with Crippen molar-refractivity contribution in [1.29, 1.82) is 5.53 Å². The highest BCUT2D eigenvalue weighted by molar-refractivity contribution is 7.53.